The molecule has 1 saturated heterocycles. The van der Waals surface area contributed by atoms with E-state index in [0.29, 0.717) is 13.2 Å². The first-order valence-electron chi connectivity index (χ1n) is 4.30. The number of amides is 1. The second-order valence-electron chi connectivity index (χ2n) is 3.62. The van der Waals surface area contributed by atoms with E-state index in [1.807, 2.05) is 0 Å². The molecular weight excluding hydrogens is 172 g/mol. The Kier molecular flexibility index (Phi) is 2.77. The number of ether oxygens (including phenoxy) is 1. The number of nitrogens with zero attached hydrogens (tertiary/aromatic N) is 1. The van der Waals surface area contributed by atoms with Gasteiger partial charge < -0.3 is 15.2 Å². The molecule has 1 heterocycles. The number of carbonyl (C=O) groups is 1. The van der Waals surface area contributed by atoms with Crippen molar-refractivity contribution in [2.24, 2.45) is 0 Å². The van der Waals surface area contributed by atoms with Gasteiger partial charge in [0.1, 0.15) is 5.72 Å². The molecule has 0 saturated carbocycles. The average Bonchev–Trinajstić information content (AvgIpc) is 2.26. The van der Waals surface area contributed by atoms with Gasteiger partial charge in [-0.1, -0.05) is 0 Å². The lowest BCUT2D eigenvalue weighted by Crippen LogP contribution is -2.49. The number of hydrogen-bond donors (Lipinski definition) is 2. The smallest absolute Gasteiger partial charge is 0.409 e. The van der Waals surface area contributed by atoms with Crippen LogP contribution in [0, 0.1) is 0 Å². The molecule has 0 spiro atoms. The van der Waals surface area contributed by atoms with Crippen LogP contribution in [0.25, 0.3) is 0 Å². The van der Waals surface area contributed by atoms with Crippen LogP contribution < -0.4 is 5.32 Å². The molecule has 5 heteroatoms. The van der Waals surface area contributed by atoms with Gasteiger partial charge in [0.2, 0.25) is 0 Å². The molecule has 1 aliphatic heterocycles. The second kappa shape index (κ2) is 3.51. The zero-order chi connectivity index (χ0) is 10.1. The summed E-state index contributed by atoms with van der Waals surface area (Å²) >= 11 is 0. The van der Waals surface area contributed by atoms with Crippen LogP contribution in [0.1, 0.15) is 13.8 Å². The highest BCUT2D eigenvalue weighted by molar-refractivity contribution is 5.66. The fourth-order valence-corrected chi connectivity index (χ4v) is 1.66. The van der Waals surface area contributed by atoms with Crippen LogP contribution in [0.4, 0.5) is 4.79 Å². The van der Waals surface area contributed by atoms with E-state index in [1.165, 1.54) is 4.90 Å². The summed E-state index contributed by atoms with van der Waals surface area (Å²) < 4.78 is 5.38. The lowest BCUT2D eigenvalue weighted by atomic mass is 10.2. The van der Waals surface area contributed by atoms with Gasteiger partial charge in [0.15, 0.2) is 0 Å². The molecule has 0 bridgehead atoms. The highest BCUT2D eigenvalue weighted by atomic mass is 16.5. The van der Waals surface area contributed by atoms with Crippen LogP contribution in [0.3, 0.4) is 0 Å². The van der Waals surface area contributed by atoms with Gasteiger partial charge in [-0.25, -0.2) is 4.79 Å². The Morgan fingerprint density at radius 2 is 2.38 bits per heavy atom. The molecule has 13 heavy (non-hydrogen) atoms. The van der Waals surface area contributed by atoms with Crippen LogP contribution in [-0.4, -0.2) is 48.1 Å². The zero-order valence-corrected chi connectivity index (χ0v) is 8.20. The number of likely N-dealkylation sites (N-methyl/N-ethyl adjacent to an activating group) is 1. The van der Waals surface area contributed by atoms with Crippen molar-refractivity contribution in [3.05, 3.63) is 0 Å². The molecule has 1 aliphatic rings. The van der Waals surface area contributed by atoms with Gasteiger partial charge in [0.05, 0.1) is 12.6 Å². The molecule has 0 aromatic carbocycles. The maximum absolute atomic E-state index is 10.9. The molecule has 5 nitrogen and oxygen atoms in total. The monoisotopic (exact) mass is 188 g/mol. The van der Waals surface area contributed by atoms with Crippen molar-refractivity contribution in [1.82, 2.24) is 10.2 Å². The van der Waals surface area contributed by atoms with Crippen molar-refractivity contribution in [1.29, 1.82) is 0 Å². The van der Waals surface area contributed by atoms with E-state index in [1.54, 1.807) is 20.9 Å². The van der Waals surface area contributed by atoms with Gasteiger partial charge in [-0.15, -0.1) is 0 Å². The Hall–Kier alpha value is -0.810. The summed E-state index contributed by atoms with van der Waals surface area (Å²) in [5.74, 6) is 0. The molecule has 1 unspecified atom stereocenters. The van der Waals surface area contributed by atoms with E-state index in [0.717, 1.165) is 0 Å². The molecule has 0 aliphatic carbocycles. The van der Waals surface area contributed by atoms with Crippen LogP contribution in [0.2, 0.25) is 0 Å². The van der Waals surface area contributed by atoms with E-state index in [9.17, 15) is 4.79 Å². The normalized spacial score (nSPS) is 26.4. The highest BCUT2D eigenvalue weighted by Crippen LogP contribution is 2.26. The van der Waals surface area contributed by atoms with Gasteiger partial charge in [0, 0.05) is 6.54 Å². The van der Waals surface area contributed by atoms with Gasteiger partial charge in [-0.3, -0.25) is 4.90 Å². The van der Waals surface area contributed by atoms with Crippen molar-refractivity contribution < 1.29 is 14.6 Å². The lowest BCUT2D eigenvalue weighted by Gasteiger charge is -2.30. The minimum atomic E-state index is -0.928. The van der Waals surface area contributed by atoms with E-state index < -0.39 is 11.8 Å². The van der Waals surface area contributed by atoms with Crippen molar-refractivity contribution in [3.63, 3.8) is 0 Å². The molecule has 1 fully saturated rings. The van der Waals surface area contributed by atoms with Crippen LogP contribution in [-0.2, 0) is 4.74 Å². The topological polar surface area (TPSA) is 61.8 Å². The SMILES string of the molecule is CNCC1COC(C)(C)N1C(=O)O. The summed E-state index contributed by atoms with van der Waals surface area (Å²) in [7, 11) is 1.80. The molecule has 0 radical (unpaired) electrons. The standard InChI is InChI=1S/C8H16N2O3/c1-8(2)10(7(11)12)6(4-9-3)5-13-8/h6,9H,4-5H2,1-3H3,(H,11,12). The lowest BCUT2D eigenvalue weighted by molar-refractivity contribution is -0.0418. The third-order valence-electron chi connectivity index (χ3n) is 2.22. The van der Waals surface area contributed by atoms with Crippen molar-refractivity contribution >= 4 is 6.09 Å². The third-order valence-corrected chi connectivity index (χ3v) is 2.22. The Labute approximate surface area is 77.7 Å². The third kappa shape index (κ3) is 1.92. The molecule has 2 N–H and O–H groups in total. The maximum Gasteiger partial charge on any atom is 0.409 e. The Morgan fingerprint density at radius 1 is 1.77 bits per heavy atom. The summed E-state index contributed by atoms with van der Waals surface area (Å²) in [6, 6.07) is -0.0856. The van der Waals surface area contributed by atoms with Crippen LogP contribution >= 0.6 is 0 Å². The minimum absolute atomic E-state index is 0.0856. The van der Waals surface area contributed by atoms with Crippen molar-refractivity contribution in [2.75, 3.05) is 20.2 Å². The number of nitrogens with one attached hydrogen (secondary N) is 1. The van der Waals surface area contributed by atoms with Crippen molar-refractivity contribution in [2.45, 2.75) is 25.6 Å². The maximum atomic E-state index is 10.9. The quantitative estimate of drug-likeness (QED) is 0.655. The molecule has 1 atom stereocenters. The Balaban J connectivity index is 2.73. The molecule has 1 rings (SSSR count). The molecule has 0 aromatic heterocycles. The summed E-state index contributed by atoms with van der Waals surface area (Å²) in [6.45, 7) is 4.60. The first-order chi connectivity index (χ1) is 5.99. The minimum Gasteiger partial charge on any atom is -0.465 e. The predicted octanol–water partition coefficient (Wildman–Crippen LogP) is 0.321. The van der Waals surface area contributed by atoms with Gasteiger partial charge >= 0.3 is 6.09 Å². The second-order valence-corrected chi connectivity index (χ2v) is 3.62. The number of hydrogen-bond acceptors (Lipinski definition) is 3. The molecule has 76 valence electrons. The number of rotatable bonds is 2. The fourth-order valence-electron chi connectivity index (χ4n) is 1.66. The fraction of sp³-hybridized carbons (Fsp3) is 0.875. The Bertz CT molecular complexity index is 206. The van der Waals surface area contributed by atoms with Gasteiger partial charge in [0.25, 0.3) is 0 Å². The van der Waals surface area contributed by atoms with Crippen LogP contribution in [0.5, 0.6) is 0 Å². The summed E-state index contributed by atoms with van der Waals surface area (Å²) in [5.41, 5.74) is -0.701. The van der Waals surface area contributed by atoms with E-state index in [-0.39, 0.29) is 6.04 Å². The average molecular weight is 188 g/mol. The van der Waals surface area contributed by atoms with Gasteiger partial charge in [-0.2, -0.15) is 0 Å². The first-order valence-corrected chi connectivity index (χ1v) is 4.30. The first kappa shape index (κ1) is 10.3. The summed E-state index contributed by atoms with van der Waals surface area (Å²) in [5, 5.41) is 11.9. The van der Waals surface area contributed by atoms with Crippen molar-refractivity contribution in [3.8, 4) is 0 Å². The van der Waals surface area contributed by atoms with Gasteiger partial charge in [-0.05, 0) is 20.9 Å². The molecule has 1 amide bonds. The zero-order valence-electron chi connectivity index (χ0n) is 8.20. The highest BCUT2D eigenvalue weighted by Gasteiger charge is 2.43. The van der Waals surface area contributed by atoms with Crippen LogP contribution in [0.15, 0.2) is 0 Å². The molecule has 0 aromatic rings. The van der Waals surface area contributed by atoms with E-state index in [2.05, 4.69) is 5.32 Å². The number of carboxylic acid groups (broad SMARTS) is 1. The Morgan fingerprint density at radius 3 is 2.85 bits per heavy atom. The predicted molar refractivity (Wildman–Crippen MR) is 47.6 cm³/mol. The molecular formula is C8H16N2O3. The largest absolute Gasteiger partial charge is 0.465 e. The summed E-state index contributed by atoms with van der Waals surface area (Å²) in [4.78, 5) is 12.3. The van der Waals surface area contributed by atoms with E-state index >= 15 is 0 Å². The van der Waals surface area contributed by atoms with E-state index in [4.69, 9.17) is 9.84 Å². The summed E-state index contributed by atoms with van der Waals surface area (Å²) in [6.07, 6.45) is -0.928.